The average Bonchev–Trinajstić information content (AvgIpc) is 2.51. The highest BCUT2D eigenvalue weighted by Crippen LogP contribution is 2.05. The average molecular weight is 191 g/mol. The van der Waals surface area contributed by atoms with Crippen molar-refractivity contribution in [1.29, 1.82) is 0 Å². The highest BCUT2D eigenvalue weighted by atomic mass is 32.2. The second-order valence-corrected chi connectivity index (χ2v) is 3.25. The minimum Gasteiger partial charge on any atom is -0.310 e. The summed E-state index contributed by atoms with van der Waals surface area (Å²) in [7, 11) is -2.56. The molecule has 0 spiro atoms. The minimum atomic E-state index is -2.56. The second-order valence-electron chi connectivity index (χ2n) is 2.37. The fraction of sp³-hybridized carbons (Fsp3) is 0.667. The number of aldehydes is 1. The maximum Gasteiger partial charge on any atom is 0.248 e. The summed E-state index contributed by atoms with van der Waals surface area (Å²) in [5, 5.41) is 2.37. The van der Waals surface area contributed by atoms with Crippen molar-refractivity contribution < 1.29 is 17.9 Å². The minimum absolute atomic E-state index is 0.198. The van der Waals surface area contributed by atoms with Gasteiger partial charge in [-0.25, -0.2) is 0 Å². The number of rotatable bonds is 2. The van der Waals surface area contributed by atoms with Crippen LogP contribution in [0.4, 0.5) is 0 Å². The Kier molecular flexibility index (Phi) is 3.39. The van der Waals surface area contributed by atoms with Crippen molar-refractivity contribution in [2.75, 3.05) is 6.54 Å². The van der Waals surface area contributed by atoms with Crippen molar-refractivity contribution in [3.63, 3.8) is 0 Å². The Bertz CT molecular complexity index is 281. The molecule has 68 valence electrons. The Morgan fingerprint density at radius 1 is 1.58 bits per heavy atom. The van der Waals surface area contributed by atoms with Crippen LogP contribution in [0.2, 0.25) is 0 Å². The molecule has 1 rings (SSSR count). The lowest BCUT2D eigenvalue weighted by Gasteiger charge is -2.07. The third-order valence-corrected chi connectivity index (χ3v) is 2.05. The summed E-state index contributed by atoms with van der Waals surface area (Å²) in [6.45, 7) is 0.794. The number of carbonyl (C=O) groups is 1. The summed E-state index contributed by atoms with van der Waals surface area (Å²) in [6, 6.07) is 0. The standard InChI is InChI=1S/C6H9NO4S/c8-4-6(12(9)10)11-5-2-1-3-7-5/h4-5,7H,1-3H2. The van der Waals surface area contributed by atoms with E-state index in [1.54, 1.807) is 0 Å². The van der Waals surface area contributed by atoms with Gasteiger partial charge in [-0.3, -0.25) is 10.1 Å². The van der Waals surface area contributed by atoms with Crippen LogP contribution in [0.1, 0.15) is 12.8 Å². The van der Waals surface area contributed by atoms with Crippen LogP contribution in [0.3, 0.4) is 0 Å². The van der Waals surface area contributed by atoms with Gasteiger partial charge in [-0.05, 0) is 19.4 Å². The van der Waals surface area contributed by atoms with Crippen LogP contribution in [-0.4, -0.2) is 32.5 Å². The molecule has 0 radical (unpaired) electrons. The van der Waals surface area contributed by atoms with E-state index in [2.05, 4.69) is 5.32 Å². The van der Waals surface area contributed by atoms with Crippen LogP contribution in [-0.2, 0) is 19.8 Å². The predicted octanol–water partition coefficient (Wildman–Crippen LogP) is -1.08. The van der Waals surface area contributed by atoms with E-state index in [4.69, 9.17) is 4.74 Å². The van der Waals surface area contributed by atoms with Gasteiger partial charge in [0, 0.05) is 0 Å². The van der Waals surface area contributed by atoms with E-state index in [9.17, 15) is 13.2 Å². The fourth-order valence-electron chi connectivity index (χ4n) is 1.000. The number of ether oxygens (including phenoxy) is 1. The van der Waals surface area contributed by atoms with Crippen molar-refractivity contribution in [2.24, 2.45) is 0 Å². The van der Waals surface area contributed by atoms with E-state index >= 15 is 0 Å². The van der Waals surface area contributed by atoms with E-state index in [1.165, 1.54) is 0 Å². The quantitative estimate of drug-likeness (QED) is 0.444. The van der Waals surface area contributed by atoms with Gasteiger partial charge >= 0.3 is 0 Å². The van der Waals surface area contributed by atoms with E-state index in [0.29, 0.717) is 0 Å². The van der Waals surface area contributed by atoms with Crippen LogP contribution in [0.25, 0.3) is 0 Å². The molecule has 1 N–H and O–H groups in total. The molecule has 0 aromatic rings. The lowest BCUT2D eigenvalue weighted by molar-refractivity contribution is -0.104. The van der Waals surface area contributed by atoms with Gasteiger partial charge in [-0.1, -0.05) is 0 Å². The van der Waals surface area contributed by atoms with Crippen molar-refractivity contribution in [3.05, 3.63) is 0 Å². The molecule has 1 atom stereocenters. The maximum atomic E-state index is 10.3. The Balaban J connectivity index is 2.59. The molecule has 1 saturated heterocycles. The van der Waals surface area contributed by atoms with Crippen molar-refractivity contribution in [1.82, 2.24) is 5.32 Å². The van der Waals surface area contributed by atoms with Gasteiger partial charge in [0.15, 0.2) is 6.29 Å². The molecule has 0 amide bonds. The largest absolute Gasteiger partial charge is 0.310 e. The molecular formula is C6H9NO4S. The molecule has 0 aromatic heterocycles. The molecule has 12 heavy (non-hydrogen) atoms. The molecule has 1 aliphatic rings. The molecule has 6 heteroatoms. The van der Waals surface area contributed by atoms with Crippen molar-refractivity contribution in [3.8, 4) is 0 Å². The van der Waals surface area contributed by atoms with Crippen LogP contribution in [0.5, 0.6) is 0 Å². The normalized spacial score (nSPS) is 22.2. The van der Waals surface area contributed by atoms with Gasteiger partial charge in [-0.2, -0.15) is 8.42 Å². The summed E-state index contributed by atoms with van der Waals surface area (Å²) in [5.74, 6) is 0. The number of carbonyl (C=O) groups excluding carboxylic acids is 1. The highest BCUT2D eigenvalue weighted by Gasteiger charge is 2.17. The van der Waals surface area contributed by atoms with E-state index in [-0.39, 0.29) is 12.5 Å². The maximum absolute atomic E-state index is 10.3. The van der Waals surface area contributed by atoms with Crippen molar-refractivity contribution in [2.45, 2.75) is 19.1 Å². The van der Waals surface area contributed by atoms with Gasteiger partial charge in [0.25, 0.3) is 0 Å². The molecule has 1 fully saturated rings. The summed E-state index contributed by atoms with van der Waals surface area (Å²) in [5.41, 5.74) is 0. The molecular weight excluding hydrogens is 182 g/mol. The Morgan fingerprint density at radius 3 is 2.75 bits per heavy atom. The van der Waals surface area contributed by atoms with Gasteiger partial charge in [0.1, 0.15) is 6.23 Å². The molecule has 0 bridgehead atoms. The SMILES string of the molecule is O=CC(OC1CCCN1)=S(=O)=O. The fourth-order valence-corrected chi connectivity index (χ4v) is 1.27. The second kappa shape index (κ2) is 4.34. The summed E-state index contributed by atoms with van der Waals surface area (Å²) in [4.78, 5) is 10.2. The van der Waals surface area contributed by atoms with E-state index in [1.807, 2.05) is 0 Å². The monoisotopic (exact) mass is 191 g/mol. The smallest absolute Gasteiger partial charge is 0.248 e. The zero-order valence-electron chi connectivity index (χ0n) is 6.32. The van der Waals surface area contributed by atoms with Gasteiger partial charge in [-0.15, -0.1) is 0 Å². The van der Waals surface area contributed by atoms with Crippen LogP contribution in [0, 0.1) is 0 Å². The van der Waals surface area contributed by atoms with Gasteiger partial charge in [0.05, 0.1) is 0 Å². The molecule has 0 aliphatic carbocycles. The number of hydrogen-bond donors (Lipinski definition) is 1. The first-order valence-corrected chi connectivity index (χ1v) is 4.63. The molecule has 0 saturated carbocycles. The third kappa shape index (κ3) is 2.40. The summed E-state index contributed by atoms with van der Waals surface area (Å²) >= 11 is 0. The Morgan fingerprint density at radius 2 is 2.33 bits per heavy atom. The van der Waals surface area contributed by atoms with Crippen LogP contribution >= 0.6 is 0 Å². The molecule has 1 aliphatic heterocycles. The highest BCUT2D eigenvalue weighted by molar-refractivity contribution is 7.74. The summed E-state index contributed by atoms with van der Waals surface area (Å²) in [6.07, 6.45) is 1.53. The Labute approximate surface area is 71.2 Å². The summed E-state index contributed by atoms with van der Waals surface area (Å²) < 4.78 is 25.4. The zero-order chi connectivity index (χ0) is 8.97. The third-order valence-electron chi connectivity index (χ3n) is 1.53. The Hall–Kier alpha value is -0.720. The van der Waals surface area contributed by atoms with Gasteiger partial charge in [0.2, 0.25) is 15.3 Å². The number of nitrogens with one attached hydrogen (secondary N) is 1. The van der Waals surface area contributed by atoms with E-state index in [0.717, 1.165) is 19.4 Å². The first-order chi connectivity index (χ1) is 5.74. The van der Waals surface area contributed by atoms with Crippen LogP contribution < -0.4 is 5.32 Å². The van der Waals surface area contributed by atoms with E-state index < -0.39 is 15.3 Å². The lowest BCUT2D eigenvalue weighted by atomic mass is 10.4. The first-order valence-electron chi connectivity index (χ1n) is 3.55. The molecule has 0 aromatic carbocycles. The molecule has 1 heterocycles. The number of hydrogen-bond acceptors (Lipinski definition) is 5. The molecule has 5 nitrogen and oxygen atoms in total. The first kappa shape index (κ1) is 9.37. The topological polar surface area (TPSA) is 72.5 Å². The lowest BCUT2D eigenvalue weighted by Crippen LogP contribution is -2.28. The van der Waals surface area contributed by atoms with Gasteiger partial charge < -0.3 is 4.74 Å². The van der Waals surface area contributed by atoms with Crippen LogP contribution in [0.15, 0.2) is 0 Å². The predicted molar refractivity (Wildman–Crippen MR) is 42.1 cm³/mol. The zero-order valence-corrected chi connectivity index (χ0v) is 7.13. The van der Waals surface area contributed by atoms with Crippen molar-refractivity contribution >= 4 is 21.6 Å². The molecule has 1 unspecified atom stereocenters.